The number of aryl methyl sites for hydroxylation is 1. The molecule has 2 aliphatic rings. The number of rotatable bonds is 3. The molecule has 1 N–H and O–H groups in total. The van der Waals surface area contributed by atoms with E-state index in [4.69, 9.17) is 0 Å². The number of carbonyl (C=O) groups is 1. The van der Waals surface area contributed by atoms with Crippen LogP contribution >= 0.6 is 0 Å². The number of benzene rings is 1. The highest BCUT2D eigenvalue weighted by molar-refractivity contribution is 6.23. The molecular weight excluding hydrogens is 300 g/mol. The molecule has 1 aromatic carbocycles. The van der Waals surface area contributed by atoms with Gasteiger partial charge in [0.1, 0.15) is 5.76 Å². The van der Waals surface area contributed by atoms with Gasteiger partial charge in [0.05, 0.1) is 17.5 Å². The highest BCUT2D eigenvalue weighted by Gasteiger charge is 2.41. The third kappa shape index (κ3) is 2.33. The highest BCUT2D eigenvalue weighted by Crippen LogP contribution is 2.46. The molecule has 2 aromatic rings. The Hall–Kier alpha value is -2.49. The summed E-state index contributed by atoms with van der Waals surface area (Å²) >= 11 is 0. The van der Waals surface area contributed by atoms with Crippen molar-refractivity contribution in [1.82, 2.24) is 9.97 Å². The summed E-state index contributed by atoms with van der Waals surface area (Å²) in [5, 5.41) is 10.7. The SMILES string of the molecule is CCc1ccc(-c2cnccn2)cc1C1=C(O)[C@@H]2CC[C@@H](C2)C1=O. The molecular formula is C20H20N2O2. The Morgan fingerprint density at radius 3 is 2.79 bits per heavy atom. The van der Waals surface area contributed by atoms with Crippen LogP contribution in [0.4, 0.5) is 0 Å². The first-order chi connectivity index (χ1) is 11.7. The third-order valence-electron chi connectivity index (χ3n) is 5.31. The average Bonchev–Trinajstić information content (AvgIpc) is 3.08. The highest BCUT2D eigenvalue weighted by atomic mass is 16.3. The van der Waals surface area contributed by atoms with E-state index in [0.717, 1.165) is 48.1 Å². The molecule has 4 nitrogen and oxygen atoms in total. The fourth-order valence-corrected chi connectivity index (χ4v) is 4.00. The molecule has 122 valence electrons. The summed E-state index contributed by atoms with van der Waals surface area (Å²) in [6, 6.07) is 6.02. The van der Waals surface area contributed by atoms with Gasteiger partial charge in [-0.15, -0.1) is 0 Å². The number of fused-ring (bicyclic) bond motifs is 2. The number of Topliss-reactive ketones (excluding diaryl/α,β-unsaturated/α-hetero) is 1. The zero-order valence-electron chi connectivity index (χ0n) is 13.7. The summed E-state index contributed by atoms with van der Waals surface area (Å²) in [6.45, 7) is 2.07. The molecule has 2 bridgehead atoms. The van der Waals surface area contributed by atoms with E-state index in [1.807, 2.05) is 18.2 Å². The molecule has 0 unspecified atom stereocenters. The smallest absolute Gasteiger partial charge is 0.169 e. The second-order valence-electron chi connectivity index (χ2n) is 6.65. The number of ketones is 1. The van der Waals surface area contributed by atoms with Crippen molar-refractivity contribution in [3.05, 3.63) is 53.7 Å². The fraction of sp³-hybridized carbons (Fsp3) is 0.350. The lowest BCUT2D eigenvalue weighted by atomic mass is 9.81. The van der Waals surface area contributed by atoms with E-state index in [9.17, 15) is 9.90 Å². The average molecular weight is 320 g/mol. The van der Waals surface area contributed by atoms with Crippen LogP contribution < -0.4 is 0 Å². The minimum atomic E-state index is 0.0748. The number of aromatic nitrogens is 2. The molecule has 0 amide bonds. The molecule has 24 heavy (non-hydrogen) atoms. The van der Waals surface area contributed by atoms with Gasteiger partial charge >= 0.3 is 0 Å². The molecule has 0 saturated heterocycles. The lowest BCUT2D eigenvalue weighted by Gasteiger charge is -2.23. The van der Waals surface area contributed by atoms with Gasteiger partial charge in [0.2, 0.25) is 0 Å². The number of allylic oxidation sites excluding steroid dienone is 2. The van der Waals surface area contributed by atoms with Crippen LogP contribution in [-0.2, 0) is 11.2 Å². The predicted molar refractivity (Wildman–Crippen MR) is 92.2 cm³/mol. The molecule has 4 rings (SSSR count). The van der Waals surface area contributed by atoms with Gasteiger partial charge in [-0.1, -0.05) is 19.1 Å². The Balaban J connectivity index is 1.88. The van der Waals surface area contributed by atoms with Crippen molar-refractivity contribution in [1.29, 1.82) is 0 Å². The third-order valence-corrected chi connectivity index (χ3v) is 5.31. The van der Waals surface area contributed by atoms with E-state index in [-0.39, 0.29) is 17.6 Å². The van der Waals surface area contributed by atoms with E-state index in [1.165, 1.54) is 0 Å². The monoisotopic (exact) mass is 320 g/mol. The largest absolute Gasteiger partial charge is 0.511 e. The van der Waals surface area contributed by atoms with E-state index in [1.54, 1.807) is 18.6 Å². The van der Waals surface area contributed by atoms with Gasteiger partial charge < -0.3 is 5.11 Å². The van der Waals surface area contributed by atoms with Crippen LogP contribution in [0.25, 0.3) is 16.8 Å². The van der Waals surface area contributed by atoms with Gasteiger partial charge in [-0.2, -0.15) is 0 Å². The Labute approximate surface area is 141 Å². The Morgan fingerprint density at radius 1 is 1.21 bits per heavy atom. The van der Waals surface area contributed by atoms with Crippen molar-refractivity contribution < 1.29 is 9.90 Å². The van der Waals surface area contributed by atoms with Crippen LogP contribution in [0, 0.1) is 11.8 Å². The Bertz CT molecular complexity index is 827. The number of aliphatic hydroxyl groups excluding tert-OH is 1. The predicted octanol–water partition coefficient (Wildman–Crippen LogP) is 3.97. The van der Waals surface area contributed by atoms with Crippen molar-refractivity contribution in [3.8, 4) is 11.3 Å². The molecule has 2 atom stereocenters. The quantitative estimate of drug-likeness (QED) is 0.929. The topological polar surface area (TPSA) is 63.1 Å². The second-order valence-corrected chi connectivity index (χ2v) is 6.65. The lowest BCUT2D eigenvalue weighted by molar-refractivity contribution is -0.117. The zero-order chi connectivity index (χ0) is 16.7. The summed E-state index contributed by atoms with van der Waals surface area (Å²) < 4.78 is 0. The summed E-state index contributed by atoms with van der Waals surface area (Å²) in [4.78, 5) is 21.3. The van der Waals surface area contributed by atoms with E-state index in [0.29, 0.717) is 11.3 Å². The van der Waals surface area contributed by atoms with Crippen molar-refractivity contribution in [2.24, 2.45) is 11.8 Å². The van der Waals surface area contributed by atoms with Crippen LogP contribution in [0.2, 0.25) is 0 Å². The first-order valence-corrected chi connectivity index (χ1v) is 8.56. The Kier molecular flexibility index (Phi) is 3.68. The molecule has 1 heterocycles. The number of aliphatic hydroxyl groups is 1. The Morgan fingerprint density at radius 2 is 2.04 bits per heavy atom. The van der Waals surface area contributed by atoms with Crippen molar-refractivity contribution in [3.63, 3.8) is 0 Å². The van der Waals surface area contributed by atoms with Gasteiger partial charge in [0.15, 0.2) is 5.78 Å². The number of hydrogen-bond donors (Lipinski definition) is 1. The molecule has 1 aromatic heterocycles. The molecule has 1 saturated carbocycles. The van der Waals surface area contributed by atoms with Crippen LogP contribution in [0.15, 0.2) is 42.5 Å². The lowest BCUT2D eigenvalue weighted by Crippen LogP contribution is -2.22. The molecule has 0 radical (unpaired) electrons. The number of nitrogens with zero attached hydrogens (tertiary/aromatic N) is 2. The van der Waals surface area contributed by atoms with Gasteiger partial charge in [-0.25, -0.2) is 0 Å². The maximum Gasteiger partial charge on any atom is 0.169 e. The maximum atomic E-state index is 12.9. The normalized spacial score (nSPS) is 23.0. The summed E-state index contributed by atoms with van der Waals surface area (Å²) in [6.07, 6.45) is 8.44. The van der Waals surface area contributed by atoms with Crippen molar-refractivity contribution >= 4 is 11.4 Å². The summed E-state index contributed by atoms with van der Waals surface area (Å²) in [7, 11) is 0. The first-order valence-electron chi connectivity index (χ1n) is 8.56. The van der Waals surface area contributed by atoms with Crippen molar-refractivity contribution in [2.45, 2.75) is 32.6 Å². The molecule has 4 heteroatoms. The van der Waals surface area contributed by atoms with Crippen LogP contribution in [0.1, 0.15) is 37.3 Å². The molecule has 1 fully saturated rings. The standard InChI is InChI=1S/C20H20N2O2/c1-2-12-3-4-13(17-11-21-7-8-22-17)10-16(12)18-19(23)14-5-6-15(9-14)20(18)24/h3-4,7-8,10-11,14-15,23H,2,5-6,9H2,1H3/t14-,15+/m1/s1. The number of hydrogen-bond acceptors (Lipinski definition) is 4. The second kappa shape index (κ2) is 5.86. The molecule has 0 spiro atoms. The first kappa shape index (κ1) is 15.1. The summed E-state index contributed by atoms with van der Waals surface area (Å²) in [5.41, 5.74) is 4.17. The summed E-state index contributed by atoms with van der Waals surface area (Å²) in [5.74, 6) is 0.616. The van der Waals surface area contributed by atoms with E-state index >= 15 is 0 Å². The zero-order valence-corrected chi connectivity index (χ0v) is 13.7. The minimum absolute atomic E-state index is 0.0748. The fourth-order valence-electron chi connectivity index (χ4n) is 4.00. The van der Waals surface area contributed by atoms with Crippen LogP contribution in [0.3, 0.4) is 0 Å². The molecule has 0 aliphatic heterocycles. The minimum Gasteiger partial charge on any atom is -0.511 e. The van der Waals surface area contributed by atoms with E-state index in [2.05, 4.69) is 16.9 Å². The van der Waals surface area contributed by atoms with Crippen LogP contribution in [0.5, 0.6) is 0 Å². The van der Waals surface area contributed by atoms with Crippen molar-refractivity contribution in [2.75, 3.05) is 0 Å². The van der Waals surface area contributed by atoms with Gasteiger partial charge in [-0.3, -0.25) is 14.8 Å². The van der Waals surface area contributed by atoms with Gasteiger partial charge in [0, 0.05) is 29.8 Å². The number of carbonyl (C=O) groups excluding carboxylic acids is 1. The van der Waals surface area contributed by atoms with Gasteiger partial charge in [0.25, 0.3) is 0 Å². The maximum absolute atomic E-state index is 12.9. The van der Waals surface area contributed by atoms with Gasteiger partial charge in [-0.05, 0) is 42.9 Å². The van der Waals surface area contributed by atoms with Crippen LogP contribution in [-0.4, -0.2) is 20.9 Å². The molecule has 2 aliphatic carbocycles. The van der Waals surface area contributed by atoms with E-state index < -0.39 is 0 Å².